The number of aryl methyl sites for hydroxylation is 2. The summed E-state index contributed by atoms with van der Waals surface area (Å²) < 4.78 is 17.6. The van der Waals surface area contributed by atoms with E-state index in [0.29, 0.717) is 22.5 Å². The molecule has 0 radical (unpaired) electrons. The van der Waals surface area contributed by atoms with Crippen molar-refractivity contribution in [1.82, 2.24) is 10.5 Å². The van der Waals surface area contributed by atoms with E-state index in [4.69, 9.17) is 15.9 Å². The molecule has 0 aliphatic heterocycles. The first kappa shape index (κ1) is 19.8. The second kappa shape index (κ2) is 9.28. The number of hydrogen-bond acceptors (Lipinski definition) is 5. The van der Waals surface area contributed by atoms with Crippen LogP contribution in [-0.4, -0.2) is 20.8 Å². The molecule has 5 nitrogen and oxygen atoms in total. The lowest BCUT2D eigenvalue weighted by molar-refractivity contribution is 0.218. The highest BCUT2D eigenvalue weighted by molar-refractivity contribution is 7.80. The van der Waals surface area contributed by atoms with Gasteiger partial charge in [-0.3, -0.25) is 0 Å². The van der Waals surface area contributed by atoms with Gasteiger partial charge in [-0.25, -0.2) is 9.19 Å². The van der Waals surface area contributed by atoms with Crippen LogP contribution < -0.4 is 5.48 Å². The van der Waals surface area contributed by atoms with Crippen LogP contribution in [0.5, 0.6) is 5.75 Å². The van der Waals surface area contributed by atoms with Gasteiger partial charge in [0.25, 0.3) is 0 Å². The van der Waals surface area contributed by atoms with Gasteiger partial charge in [0.1, 0.15) is 10.4 Å². The summed E-state index contributed by atoms with van der Waals surface area (Å²) in [6, 6.07) is 15.3. The van der Waals surface area contributed by atoms with Crippen molar-refractivity contribution < 1.29 is 13.6 Å². The summed E-state index contributed by atoms with van der Waals surface area (Å²) in [7, 11) is 0. The summed E-state index contributed by atoms with van der Waals surface area (Å²) in [6.07, 6.45) is 2.85. The second-order valence-electron chi connectivity index (χ2n) is 6.21. The van der Waals surface area contributed by atoms with Crippen molar-refractivity contribution in [2.45, 2.75) is 31.1 Å². The normalized spacial score (nSPS) is 12.4. The summed E-state index contributed by atoms with van der Waals surface area (Å²) in [5, 5.41) is 11.4. The number of aromatic hydroxyl groups is 1. The van der Waals surface area contributed by atoms with Crippen molar-refractivity contribution in [3.63, 3.8) is 0 Å². The lowest BCUT2D eigenvalue weighted by atomic mass is 10.1. The molecule has 1 unspecified atom stereocenters. The summed E-state index contributed by atoms with van der Waals surface area (Å²) in [6.45, 7) is 2.36. The summed E-state index contributed by atoms with van der Waals surface area (Å²) in [5.41, 5.74) is 5.04. The van der Waals surface area contributed by atoms with Gasteiger partial charge < -0.3 is 5.11 Å². The Labute approximate surface area is 166 Å². The fourth-order valence-corrected chi connectivity index (χ4v) is 3.82. The van der Waals surface area contributed by atoms with Crippen LogP contribution in [-0.2, 0) is 21.8 Å². The van der Waals surface area contributed by atoms with Gasteiger partial charge in [-0.1, -0.05) is 41.9 Å². The van der Waals surface area contributed by atoms with E-state index in [0.717, 1.165) is 25.0 Å². The highest BCUT2D eigenvalue weighted by atomic mass is 35.5. The Hall–Kier alpha value is -1.99. The van der Waals surface area contributed by atoms with E-state index in [1.807, 2.05) is 25.1 Å². The molecule has 3 rings (SSSR count). The molecule has 0 aliphatic rings. The monoisotopic (exact) mass is 404 g/mol. The lowest BCUT2D eigenvalue weighted by Gasteiger charge is -2.10. The standard InChI is InChI=1S/C20H21ClN2O3S/c1-14-10-11-16-17(21)13-18(20(24)19(16)23-14)27(25)26-22-12-6-5-9-15-7-3-2-4-8-15/h2-4,7-8,10-11,13,22,24H,5-6,9,12H2,1H3. The molecule has 0 saturated carbocycles. The first-order chi connectivity index (χ1) is 13.1. The molecule has 3 aromatic rings. The first-order valence-electron chi connectivity index (χ1n) is 8.71. The minimum absolute atomic E-state index is 0.0994. The smallest absolute Gasteiger partial charge is 0.210 e. The number of aromatic nitrogens is 1. The van der Waals surface area contributed by atoms with Crippen LogP contribution in [0.15, 0.2) is 53.4 Å². The van der Waals surface area contributed by atoms with Crippen molar-refractivity contribution in [3.05, 3.63) is 64.8 Å². The molecule has 142 valence electrons. The molecule has 0 spiro atoms. The highest BCUT2D eigenvalue weighted by Gasteiger charge is 2.17. The van der Waals surface area contributed by atoms with E-state index < -0.39 is 11.1 Å². The zero-order chi connectivity index (χ0) is 19.2. The van der Waals surface area contributed by atoms with Gasteiger partial charge in [0.2, 0.25) is 11.1 Å². The SMILES string of the molecule is Cc1ccc2c(Cl)cc(S(=O)ONCCCCc3ccccc3)c(O)c2n1. The van der Waals surface area contributed by atoms with Crippen molar-refractivity contribution in [1.29, 1.82) is 0 Å². The highest BCUT2D eigenvalue weighted by Crippen LogP contribution is 2.35. The number of fused-ring (bicyclic) bond motifs is 1. The van der Waals surface area contributed by atoms with Crippen molar-refractivity contribution in [3.8, 4) is 5.75 Å². The second-order valence-corrected chi connectivity index (χ2v) is 7.69. The number of nitrogens with zero attached hydrogens (tertiary/aromatic N) is 1. The van der Waals surface area contributed by atoms with Crippen LogP contribution in [0.25, 0.3) is 10.9 Å². The average Bonchev–Trinajstić information content (AvgIpc) is 2.68. The Morgan fingerprint density at radius 3 is 2.74 bits per heavy atom. The molecule has 1 aromatic heterocycles. The number of hydrogen-bond donors (Lipinski definition) is 2. The lowest BCUT2D eigenvalue weighted by Crippen LogP contribution is -2.18. The maximum Gasteiger partial charge on any atom is 0.210 e. The van der Waals surface area contributed by atoms with E-state index in [2.05, 4.69) is 22.6 Å². The number of phenolic OH excluding ortho intramolecular Hbond substituents is 1. The van der Waals surface area contributed by atoms with Gasteiger partial charge in [-0.2, -0.15) is 9.76 Å². The summed E-state index contributed by atoms with van der Waals surface area (Å²) >= 11 is 4.33. The quantitative estimate of drug-likeness (QED) is 0.428. The van der Waals surface area contributed by atoms with Crippen LogP contribution in [0.3, 0.4) is 0 Å². The van der Waals surface area contributed by atoms with Crippen LogP contribution in [0.1, 0.15) is 24.1 Å². The number of benzene rings is 2. The number of rotatable bonds is 8. The minimum Gasteiger partial charge on any atom is -0.504 e. The predicted octanol–water partition coefficient (Wildman–Crippen LogP) is 4.47. The number of hydroxylamine groups is 1. The number of halogens is 1. The maximum absolute atomic E-state index is 12.4. The van der Waals surface area contributed by atoms with Gasteiger partial charge in [-0.05, 0) is 49.9 Å². The third kappa shape index (κ3) is 5.05. The zero-order valence-electron chi connectivity index (χ0n) is 14.9. The molecule has 0 amide bonds. The minimum atomic E-state index is -1.89. The molecule has 2 aromatic carbocycles. The molecule has 2 N–H and O–H groups in total. The Kier molecular flexibility index (Phi) is 6.79. The van der Waals surface area contributed by atoms with Gasteiger partial charge in [-0.15, -0.1) is 0 Å². The molecule has 1 heterocycles. The van der Waals surface area contributed by atoms with Crippen molar-refractivity contribution in [2.75, 3.05) is 6.54 Å². The molecule has 0 bridgehead atoms. The number of pyridine rings is 1. The molecule has 0 saturated heterocycles. The Balaban J connectivity index is 1.54. The van der Waals surface area contributed by atoms with Crippen molar-refractivity contribution >= 4 is 33.6 Å². The topological polar surface area (TPSA) is 71.5 Å². The first-order valence-corrected chi connectivity index (χ1v) is 10.2. The third-order valence-corrected chi connectivity index (χ3v) is 5.41. The molecule has 0 fully saturated rings. The van der Waals surface area contributed by atoms with Gasteiger partial charge in [0.05, 0.1) is 5.02 Å². The van der Waals surface area contributed by atoms with E-state index in [9.17, 15) is 9.32 Å². The Morgan fingerprint density at radius 1 is 1.19 bits per heavy atom. The molecular weight excluding hydrogens is 384 g/mol. The van der Waals surface area contributed by atoms with Crippen LogP contribution in [0.4, 0.5) is 0 Å². The van der Waals surface area contributed by atoms with E-state index in [1.165, 1.54) is 11.6 Å². The van der Waals surface area contributed by atoms with E-state index in [1.54, 1.807) is 12.1 Å². The van der Waals surface area contributed by atoms with Crippen LogP contribution in [0.2, 0.25) is 5.02 Å². The average molecular weight is 405 g/mol. The zero-order valence-corrected chi connectivity index (χ0v) is 16.5. The number of nitrogens with one attached hydrogen (secondary N) is 1. The largest absolute Gasteiger partial charge is 0.504 e. The van der Waals surface area contributed by atoms with Gasteiger partial charge >= 0.3 is 0 Å². The molecule has 0 aliphatic carbocycles. The predicted molar refractivity (Wildman–Crippen MR) is 108 cm³/mol. The van der Waals surface area contributed by atoms with Gasteiger partial charge in [0.15, 0.2) is 5.75 Å². The number of phenols is 1. The fraction of sp³-hybridized carbons (Fsp3) is 0.250. The number of unbranched alkanes of at least 4 members (excludes halogenated alkanes) is 1. The summed E-state index contributed by atoms with van der Waals surface area (Å²) in [4.78, 5) is 4.38. The van der Waals surface area contributed by atoms with Gasteiger partial charge in [0, 0.05) is 17.6 Å². The molecule has 7 heteroatoms. The third-order valence-electron chi connectivity index (χ3n) is 4.16. The van der Waals surface area contributed by atoms with Crippen LogP contribution in [0, 0.1) is 6.92 Å². The summed E-state index contributed by atoms with van der Waals surface area (Å²) in [5.74, 6) is -0.178. The van der Waals surface area contributed by atoms with E-state index in [-0.39, 0.29) is 10.6 Å². The maximum atomic E-state index is 12.4. The van der Waals surface area contributed by atoms with E-state index >= 15 is 0 Å². The molecule has 1 atom stereocenters. The molecule has 27 heavy (non-hydrogen) atoms. The van der Waals surface area contributed by atoms with Crippen LogP contribution >= 0.6 is 11.6 Å². The Morgan fingerprint density at radius 2 is 1.96 bits per heavy atom. The fourth-order valence-electron chi connectivity index (χ4n) is 2.75. The van der Waals surface area contributed by atoms with Crippen molar-refractivity contribution in [2.24, 2.45) is 0 Å². The molecular formula is C20H21ClN2O3S. The Bertz CT molecular complexity index is 951.